The lowest BCUT2D eigenvalue weighted by atomic mass is 9.83. The van der Waals surface area contributed by atoms with Gasteiger partial charge in [-0.1, -0.05) is 36.4 Å². The standard InChI is InChI=1S/C18H19N3O2/c19-8-9-20-10-11-21-15-7-3-6-14-16(15)18(23)13-5-2-1-4-12(13)17(14)22/h1-7,20-21H,8-11,19H2. The van der Waals surface area contributed by atoms with Crippen LogP contribution in [0.1, 0.15) is 31.8 Å². The predicted octanol–water partition coefficient (Wildman–Crippen LogP) is 1.42. The van der Waals surface area contributed by atoms with E-state index < -0.39 is 0 Å². The fourth-order valence-electron chi connectivity index (χ4n) is 2.80. The molecule has 0 atom stereocenters. The summed E-state index contributed by atoms with van der Waals surface area (Å²) in [5.74, 6) is -0.201. The number of benzene rings is 2. The third-order valence-corrected chi connectivity index (χ3v) is 3.89. The summed E-state index contributed by atoms with van der Waals surface area (Å²) in [5.41, 5.74) is 8.01. The molecular formula is C18H19N3O2. The number of anilines is 1. The van der Waals surface area contributed by atoms with Crippen LogP contribution in [0.15, 0.2) is 42.5 Å². The van der Waals surface area contributed by atoms with Gasteiger partial charge in [-0.15, -0.1) is 0 Å². The van der Waals surface area contributed by atoms with E-state index in [-0.39, 0.29) is 11.6 Å². The maximum absolute atomic E-state index is 12.8. The molecule has 1 aliphatic rings. The second kappa shape index (κ2) is 6.73. The van der Waals surface area contributed by atoms with Crippen LogP contribution in [0.2, 0.25) is 0 Å². The Morgan fingerprint density at radius 2 is 1.48 bits per heavy atom. The summed E-state index contributed by atoms with van der Waals surface area (Å²) >= 11 is 0. The molecule has 4 N–H and O–H groups in total. The van der Waals surface area contributed by atoms with Gasteiger partial charge in [-0.05, 0) is 6.07 Å². The molecule has 0 radical (unpaired) electrons. The summed E-state index contributed by atoms with van der Waals surface area (Å²) in [7, 11) is 0. The molecule has 2 aromatic rings. The third kappa shape index (κ3) is 2.88. The van der Waals surface area contributed by atoms with E-state index in [1.807, 2.05) is 6.07 Å². The van der Waals surface area contributed by atoms with Crippen LogP contribution in [0, 0.1) is 0 Å². The molecule has 0 heterocycles. The topological polar surface area (TPSA) is 84.2 Å². The van der Waals surface area contributed by atoms with Crippen molar-refractivity contribution in [3.63, 3.8) is 0 Å². The van der Waals surface area contributed by atoms with Crippen LogP contribution in [-0.4, -0.2) is 37.7 Å². The molecule has 0 amide bonds. The van der Waals surface area contributed by atoms with E-state index in [1.165, 1.54) is 0 Å². The molecule has 3 rings (SSSR count). The summed E-state index contributed by atoms with van der Waals surface area (Å²) < 4.78 is 0. The summed E-state index contributed by atoms with van der Waals surface area (Å²) in [6.07, 6.45) is 0. The zero-order valence-electron chi connectivity index (χ0n) is 12.8. The van der Waals surface area contributed by atoms with Crippen molar-refractivity contribution in [2.45, 2.75) is 0 Å². The first kappa shape index (κ1) is 15.4. The molecule has 0 saturated heterocycles. The Labute approximate surface area is 134 Å². The SMILES string of the molecule is NCCNCCNc1cccc2c1C(=O)c1ccccc1C2=O. The molecule has 0 saturated carbocycles. The first-order chi connectivity index (χ1) is 11.2. The van der Waals surface area contributed by atoms with Crippen molar-refractivity contribution in [1.82, 2.24) is 5.32 Å². The molecule has 118 valence electrons. The van der Waals surface area contributed by atoms with E-state index in [4.69, 9.17) is 5.73 Å². The van der Waals surface area contributed by atoms with Gasteiger partial charge in [0.1, 0.15) is 0 Å². The fraction of sp³-hybridized carbons (Fsp3) is 0.222. The second-order valence-corrected chi connectivity index (χ2v) is 5.40. The van der Waals surface area contributed by atoms with Gasteiger partial charge in [0.05, 0.1) is 5.56 Å². The highest BCUT2D eigenvalue weighted by Gasteiger charge is 2.31. The Morgan fingerprint density at radius 3 is 2.22 bits per heavy atom. The molecule has 0 unspecified atom stereocenters. The smallest absolute Gasteiger partial charge is 0.196 e. The van der Waals surface area contributed by atoms with Crippen LogP contribution < -0.4 is 16.4 Å². The maximum Gasteiger partial charge on any atom is 0.196 e. The van der Waals surface area contributed by atoms with Crippen LogP contribution in [0.3, 0.4) is 0 Å². The average Bonchev–Trinajstić information content (AvgIpc) is 2.59. The van der Waals surface area contributed by atoms with Gasteiger partial charge in [0.25, 0.3) is 0 Å². The summed E-state index contributed by atoms with van der Waals surface area (Å²) in [6, 6.07) is 12.3. The largest absolute Gasteiger partial charge is 0.383 e. The van der Waals surface area contributed by atoms with E-state index in [2.05, 4.69) is 10.6 Å². The van der Waals surface area contributed by atoms with Gasteiger partial charge in [0.2, 0.25) is 0 Å². The lowest BCUT2D eigenvalue weighted by Crippen LogP contribution is -2.28. The van der Waals surface area contributed by atoms with Gasteiger partial charge in [0, 0.05) is 48.6 Å². The second-order valence-electron chi connectivity index (χ2n) is 5.40. The Bertz CT molecular complexity index is 756. The number of hydrogen-bond acceptors (Lipinski definition) is 5. The lowest BCUT2D eigenvalue weighted by Gasteiger charge is -2.20. The highest BCUT2D eigenvalue weighted by Crippen LogP contribution is 2.31. The van der Waals surface area contributed by atoms with Gasteiger partial charge in [-0.2, -0.15) is 0 Å². The molecule has 0 bridgehead atoms. The number of hydrogen-bond donors (Lipinski definition) is 3. The minimum absolute atomic E-state index is 0.0971. The minimum Gasteiger partial charge on any atom is -0.383 e. The van der Waals surface area contributed by atoms with Crippen LogP contribution in [-0.2, 0) is 0 Å². The first-order valence-corrected chi connectivity index (χ1v) is 7.70. The van der Waals surface area contributed by atoms with Crippen molar-refractivity contribution in [3.8, 4) is 0 Å². The monoisotopic (exact) mass is 309 g/mol. The lowest BCUT2D eigenvalue weighted by molar-refractivity contribution is 0.0979. The zero-order chi connectivity index (χ0) is 16.2. The molecule has 0 aliphatic heterocycles. The van der Waals surface area contributed by atoms with E-state index in [1.54, 1.807) is 36.4 Å². The summed E-state index contributed by atoms with van der Waals surface area (Å²) in [6.45, 7) is 2.73. The van der Waals surface area contributed by atoms with E-state index >= 15 is 0 Å². The van der Waals surface area contributed by atoms with Gasteiger partial charge in [0.15, 0.2) is 11.6 Å². The maximum atomic E-state index is 12.8. The van der Waals surface area contributed by atoms with Crippen LogP contribution in [0.4, 0.5) is 5.69 Å². The number of carbonyl (C=O) groups is 2. The van der Waals surface area contributed by atoms with Crippen LogP contribution >= 0.6 is 0 Å². The molecule has 5 nitrogen and oxygen atoms in total. The predicted molar refractivity (Wildman–Crippen MR) is 90.2 cm³/mol. The van der Waals surface area contributed by atoms with E-state index in [0.29, 0.717) is 41.0 Å². The van der Waals surface area contributed by atoms with Crippen molar-refractivity contribution in [3.05, 3.63) is 64.7 Å². The van der Waals surface area contributed by atoms with Gasteiger partial charge >= 0.3 is 0 Å². The highest BCUT2D eigenvalue weighted by molar-refractivity contribution is 6.30. The number of nitrogens with one attached hydrogen (secondary N) is 2. The molecule has 0 aromatic heterocycles. The molecule has 2 aromatic carbocycles. The minimum atomic E-state index is -0.104. The quantitative estimate of drug-likeness (QED) is 0.600. The molecule has 1 aliphatic carbocycles. The summed E-state index contributed by atoms with van der Waals surface area (Å²) in [5, 5.41) is 6.42. The number of ketones is 2. The number of rotatable bonds is 6. The Balaban J connectivity index is 1.88. The van der Waals surface area contributed by atoms with Gasteiger partial charge in [-0.25, -0.2) is 0 Å². The number of nitrogens with two attached hydrogens (primary N) is 1. The zero-order valence-corrected chi connectivity index (χ0v) is 12.8. The Morgan fingerprint density at radius 1 is 0.783 bits per heavy atom. The molecular weight excluding hydrogens is 290 g/mol. The molecule has 0 fully saturated rings. The van der Waals surface area contributed by atoms with Crippen molar-refractivity contribution in [2.24, 2.45) is 5.73 Å². The number of carbonyl (C=O) groups excluding carboxylic acids is 2. The summed E-state index contributed by atoms with van der Waals surface area (Å²) in [4.78, 5) is 25.4. The van der Waals surface area contributed by atoms with Crippen molar-refractivity contribution in [1.29, 1.82) is 0 Å². The third-order valence-electron chi connectivity index (χ3n) is 3.89. The van der Waals surface area contributed by atoms with Gasteiger partial charge < -0.3 is 16.4 Å². The van der Waals surface area contributed by atoms with E-state index in [9.17, 15) is 9.59 Å². The van der Waals surface area contributed by atoms with Crippen LogP contribution in [0.25, 0.3) is 0 Å². The molecule has 23 heavy (non-hydrogen) atoms. The van der Waals surface area contributed by atoms with Crippen molar-refractivity contribution >= 4 is 17.3 Å². The Kier molecular flexibility index (Phi) is 4.50. The van der Waals surface area contributed by atoms with Crippen LogP contribution in [0.5, 0.6) is 0 Å². The molecule has 0 spiro atoms. The normalized spacial score (nSPS) is 12.7. The van der Waals surface area contributed by atoms with Crippen molar-refractivity contribution < 1.29 is 9.59 Å². The number of fused-ring (bicyclic) bond motifs is 2. The first-order valence-electron chi connectivity index (χ1n) is 7.70. The van der Waals surface area contributed by atoms with Crippen molar-refractivity contribution in [2.75, 3.05) is 31.5 Å². The average molecular weight is 309 g/mol. The fourth-order valence-corrected chi connectivity index (χ4v) is 2.80. The Hall–Kier alpha value is -2.50. The highest BCUT2D eigenvalue weighted by atomic mass is 16.1. The van der Waals surface area contributed by atoms with Gasteiger partial charge in [-0.3, -0.25) is 9.59 Å². The van der Waals surface area contributed by atoms with E-state index in [0.717, 1.165) is 13.1 Å². The molecule has 5 heteroatoms.